The van der Waals surface area contributed by atoms with Crippen LogP contribution in [-0.2, 0) is 27.2 Å². The SMILES string of the molecule is COCCOc1cc2ncnc(Oc3cnn(CC(=O)Nc4ccc5c(c4)N(C(=O)OC(C)(C)C)CC5)c3)c2cc1OC. The van der Waals surface area contributed by atoms with Crippen LogP contribution in [0.25, 0.3) is 10.9 Å². The molecule has 0 radical (unpaired) electrons. The van der Waals surface area contributed by atoms with Gasteiger partial charge in [0.25, 0.3) is 0 Å². The molecule has 3 heterocycles. The second-order valence-electron chi connectivity index (χ2n) is 10.8. The number of carbonyl (C=O) groups excluding carboxylic acids is 2. The molecular weight excluding hydrogens is 556 g/mol. The Morgan fingerprint density at radius 1 is 1.05 bits per heavy atom. The predicted molar refractivity (Wildman–Crippen MR) is 158 cm³/mol. The van der Waals surface area contributed by atoms with Crippen LogP contribution in [0.4, 0.5) is 16.2 Å². The molecule has 0 saturated carbocycles. The molecule has 0 atom stereocenters. The van der Waals surface area contributed by atoms with E-state index in [-0.39, 0.29) is 12.5 Å². The van der Waals surface area contributed by atoms with Crippen molar-refractivity contribution in [2.45, 2.75) is 39.3 Å². The van der Waals surface area contributed by atoms with Gasteiger partial charge in [-0.15, -0.1) is 0 Å². The molecule has 5 rings (SSSR count). The number of benzene rings is 2. The molecule has 43 heavy (non-hydrogen) atoms. The number of hydrogen-bond acceptors (Lipinski definition) is 10. The third-order valence-corrected chi connectivity index (χ3v) is 6.44. The second kappa shape index (κ2) is 12.5. The van der Waals surface area contributed by atoms with Crippen molar-refractivity contribution in [3.05, 3.63) is 54.6 Å². The van der Waals surface area contributed by atoms with E-state index in [4.69, 9.17) is 23.7 Å². The van der Waals surface area contributed by atoms with Crippen molar-refractivity contribution >= 4 is 34.3 Å². The molecule has 1 N–H and O–H groups in total. The highest BCUT2D eigenvalue weighted by atomic mass is 16.6. The number of hydrogen-bond donors (Lipinski definition) is 1. The van der Waals surface area contributed by atoms with E-state index in [1.807, 2.05) is 32.9 Å². The summed E-state index contributed by atoms with van der Waals surface area (Å²) in [4.78, 5) is 35.7. The van der Waals surface area contributed by atoms with Crippen molar-refractivity contribution in [2.75, 3.05) is 44.2 Å². The lowest BCUT2D eigenvalue weighted by molar-refractivity contribution is -0.116. The Labute approximate surface area is 248 Å². The van der Waals surface area contributed by atoms with Crippen LogP contribution in [-0.4, -0.2) is 71.3 Å². The smallest absolute Gasteiger partial charge is 0.414 e. The van der Waals surface area contributed by atoms with E-state index in [9.17, 15) is 9.59 Å². The van der Waals surface area contributed by atoms with Gasteiger partial charge in [-0.1, -0.05) is 6.07 Å². The average Bonchev–Trinajstić information content (AvgIpc) is 3.58. The van der Waals surface area contributed by atoms with Crippen molar-refractivity contribution in [1.82, 2.24) is 19.7 Å². The van der Waals surface area contributed by atoms with E-state index in [0.29, 0.717) is 59.5 Å². The number of anilines is 2. The fraction of sp³-hybridized carbons (Fsp3) is 0.367. The van der Waals surface area contributed by atoms with Gasteiger partial charge in [0.05, 0.1) is 42.7 Å². The molecule has 0 spiro atoms. The standard InChI is InChI=1S/C30H34N6O7/c1-30(2,3)43-29(38)36-9-8-19-6-7-20(12-24(19)36)34-27(37)17-35-16-21(15-33-35)42-28-22-13-25(40-5)26(41-11-10-39-4)14-23(22)31-18-32-28/h6-7,12-16,18H,8-11,17H2,1-5H3,(H,34,37). The number of nitrogens with one attached hydrogen (secondary N) is 1. The van der Waals surface area contributed by atoms with Gasteiger partial charge in [-0.2, -0.15) is 5.10 Å². The number of ether oxygens (including phenoxy) is 5. The van der Waals surface area contributed by atoms with Crippen molar-refractivity contribution in [1.29, 1.82) is 0 Å². The van der Waals surface area contributed by atoms with Gasteiger partial charge < -0.3 is 29.0 Å². The normalized spacial score (nSPS) is 12.6. The van der Waals surface area contributed by atoms with E-state index < -0.39 is 11.7 Å². The summed E-state index contributed by atoms with van der Waals surface area (Å²) in [5.41, 5.74) is 2.31. The minimum Gasteiger partial charge on any atom is -0.493 e. The number of methoxy groups -OCH3 is 2. The number of rotatable bonds is 10. The third-order valence-electron chi connectivity index (χ3n) is 6.44. The summed E-state index contributed by atoms with van der Waals surface area (Å²) in [5, 5.41) is 7.74. The predicted octanol–water partition coefficient (Wildman–Crippen LogP) is 4.59. The van der Waals surface area contributed by atoms with E-state index >= 15 is 0 Å². The molecule has 0 aliphatic carbocycles. The number of amides is 2. The molecule has 226 valence electrons. The van der Waals surface area contributed by atoms with Crippen LogP contribution in [0.3, 0.4) is 0 Å². The highest BCUT2D eigenvalue weighted by Gasteiger charge is 2.29. The quantitative estimate of drug-likeness (QED) is 0.261. The van der Waals surface area contributed by atoms with Gasteiger partial charge in [-0.3, -0.25) is 14.4 Å². The Bertz CT molecular complexity index is 1630. The van der Waals surface area contributed by atoms with Crippen LogP contribution in [0.1, 0.15) is 26.3 Å². The molecule has 1 aliphatic heterocycles. The lowest BCUT2D eigenvalue weighted by atomic mass is 10.1. The zero-order valence-electron chi connectivity index (χ0n) is 24.7. The van der Waals surface area contributed by atoms with E-state index in [2.05, 4.69) is 20.4 Å². The van der Waals surface area contributed by atoms with Crippen LogP contribution < -0.4 is 24.4 Å². The van der Waals surface area contributed by atoms with Gasteiger partial charge in [0.2, 0.25) is 11.8 Å². The summed E-state index contributed by atoms with van der Waals surface area (Å²) >= 11 is 0. The fourth-order valence-corrected chi connectivity index (χ4v) is 4.54. The maximum Gasteiger partial charge on any atom is 0.414 e. The minimum absolute atomic E-state index is 0.0588. The van der Waals surface area contributed by atoms with E-state index in [1.54, 1.807) is 43.5 Å². The molecule has 0 fully saturated rings. The summed E-state index contributed by atoms with van der Waals surface area (Å²) in [5.74, 6) is 1.41. The zero-order valence-corrected chi connectivity index (χ0v) is 24.7. The fourth-order valence-electron chi connectivity index (χ4n) is 4.54. The maximum atomic E-state index is 12.9. The van der Waals surface area contributed by atoms with Crippen molar-refractivity contribution < 1.29 is 33.3 Å². The largest absolute Gasteiger partial charge is 0.493 e. The number of aromatic nitrogens is 4. The van der Waals surface area contributed by atoms with Crippen molar-refractivity contribution in [3.63, 3.8) is 0 Å². The average molecular weight is 591 g/mol. The number of nitrogens with zero attached hydrogens (tertiary/aromatic N) is 5. The molecule has 4 aromatic rings. The molecule has 0 saturated heterocycles. The number of fused-ring (bicyclic) bond motifs is 2. The topological polar surface area (TPSA) is 139 Å². The number of carbonyl (C=O) groups is 2. The summed E-state index contributed by atoms with van der Waals surface area (Å²) in [6.45, 7) is 6.74. The monoisotopic (exact) mass is 590 g/mol. The Balaban J connectivity index is 1.24. The molecule has 1 aliphatic rings. The lowest BCUT2D eigenvalue weighted by Gasteiger charge is -2.25. The summed E-state index contributed by atoms with van der Waals surface area (Å²) in [7, 11) is 3.15. The summed E-state index contributed by atoms with van der Waals surface area (Å²) in [6, 6.07) is 8.99. The highest BCUT2D eigenvalue weighted by molar-refractivity contribution is 5.95. The van der Waals surface area contributed by atoms with E-state index in [0.717, 1.165) is 17.7 Å². The minimum atomic E-state index is -0.603. The molecule has 2 aromatic carbocycles. The Morgan fingerprint density at radius 3 is 2.65 bits per heavy atom. The lowest BCUT2D eigenvalue weighted by Crippen LogP contribution is -2.35. The summed E-state index contributed by atoms with van der Waals surface area (Å²) in [6.07, 6.45) is 4.79. The Kier molecular flexibility index (Phi) is 8.62. The highest BCUT2D eigenvalue weighted by Crippen LogP contribution is 2.36. The molecule has 0 unspecified atom stereocenters. The molecule has 2 aromatic heterocycles. The second-order valence-corrected chi connectivity index (χ2v) is 10.8. The van der Waals surface area contributed by atoms with Gasteiger partial charge in [0.15, 0.2) is 17.2 Å². The molecule has 13 heteroatoms. The van der Waals surface area contributed by atoms with Crippen LogP contribution in [0.15, 0.2) is 49.1 Å². The maximum absolute atomic E-state index is 12.9. The molecule has 2 amide bonds. The van der Waals surface area contributed by atoms with Gasteiger partial charge in [-0.25, -0.2) is 14.8 Å². The summed E-state index contributed by atoms with van der Waals surface area (Å²) < 4.78 is 29.3. The van der Waals surface area contributed by atoms with Crippen LogP contribution >= 0.6 is 0 Å². The first-order valence-electron chi connectivity index (χ1n) is 13.7. The first-order valence-corrected chi connectivity index (χ1v) is 13.7. The molecule has 0 bridgehead atoms. The zero-order chi connectivity index (χ0) is 30.6. The van der Waals surface area contributed by atoms with Crippen molar-refractivity contribution in [2.24, 2.45) is 0 Å². The van der Waals surface area contributed by atoms with Gasteiger partial charge >= 0.3 is 6.09 Å². The van der Waals surface area contributed by atoms with Crippen LogP contribution in [0.5, 0.6) is 23.1 Å². The van der Waals surface area contributed by atoms with E-state index in [1.165, 1.54) is 17.2 Å². The van der Waals surface area contributed by atoms with Crippen LogP contribution in [0.2, 0.25) is 0 Å². The van der Waals surface area contributed by atoms with Gasteiger partial charge in [0.1, 0.15) is 25.1 Å². The third kappa shape index (κ3) is 7.12. The van der Waals surface area contributed by atoms with Crippen molar-refractivity contribution in [3.8, 4) is 23.1 Å². The molecular formula is C30H34N6O7. The van der Waals surface area contributed by atoms with Gasteiger partial charge in [-0.05, 0) is 51.0 Å². The molecule has 13 nitrogen and oxygen atoms in total. The Morgan fingerprint density at radius 2 is 1.88 bits per heavy atom. The first kappa shape index (κ1) is 29.6. The Hall–Kier alpha value is -4.91. The van der Waals surface area contributed by atoms with Crippen LogP contribution in [0, 0.1) is 0 Å². The van der Waals surface area contributed by atoms with Gasteiger partial charge in [0, 0.05) is 25.4 Å². The first-order chi connectivity index (χ1) is 20.6.